The minimum Gasteiger partial charge on any atom is -0.340 e. The van der Waals surface area contributed by atoms with Gasteiger partial charge in [-0.15, -0.1) is 0 Å². The number of rotatable bonds is 4. The molecule has 1 aliphatic rings. The standard InChI is InChI=1S/C16H20N4O2/c1-11-17-6-7-20(11)9-8-19(2)16(22)13-10-12-4-3-5-14(12)18-15(13)21/h6-7,10H,3-5,8-9H2,1-2H3,(H,18,21). The average Bonchev–Trinajstić information content (AvgIpc) is 3.11. The summed E-state index contributed by atoms with van der Waals surface area (Å²) in [6, 6.07) is 1.77. The molecule has 0 aromatic carbocycles. The first-order chi connectivity index (χ1) is 10.6. The van der Waals surface area contributed by atoms with Gasteiger partial charge in [-0.2, -0.15) is 0 Å². The van der Waals surface area contributed by atoms with Crippen LogP contribution < -0.4 is 5.56 Å². The molecule has 0 unspecified atom stereocenters. The highest BCUT2D eigenvalue weighted by atomic mass is 16.2. The lowest BCUT2D eigenvalue weighted by Crippen LogP contribution is -2.34. The lowest BCUT2D eigenvalue weighted by atomic mass is 10.1. The van der Waals surface area contributed by atoms with Gasteiger partial charge in [0, 0.05) is 38.2 Å². The van der Waals surface area contributed by atoms with Gasteiger partial charge in [0.25, 0.3) is 11.5 Å². The molecule has 2 heterocycles. The largest absolute Gasteiger partial charge is 0.340 e. The highest BCUT2D eigenvalue weighted by molar-refractivity contribution is 5.93. The molecule has 3 rings (SSSR count). The van der Waals surface area contributed by atoms with Crippen LogP contribution in [0, 0.1) is 6.92 Å². The van der Waals surface area contributed by atoms with E-state index in [0.717, 1.165) is 36.3 Å². The topological polar surface area (TPSA) is 71.0 Å². The zero-order valence-electron chi connectivity index (χ0n) is 12.9. The molecule has 1 aliphatic carbocycles. The number of nitrogens with zero attached hydrogens (tertiary/aromatic N) is 3. The normalized spacial score (nSPS) is 13.2. The fraction of sp³-hybridized carbons (Fsp3) is 0.438. The maximum absolute atomic E-state index is 12.5. The zero-order valence-corrected chi connectivity index (χ0v) is 12.9. The van der Waals surface area contributed by atoms with Crippen molar-refractivity contribution < 1.29 is 4.79 Å². The highest BCUT2D eigenvalue weighted by Crippen LogP contribution is 2.19. The van der Waals surface area contributed by atoms with Crippen LogP contribution in [0.2, 0.25) is 0 Å². The fourth-order valence-corrected chi connectivity index (χ4v) is 2.88. The van der Waals surface area contributed by atoms with Crippen molar-refractivity contribution in [3.63, 3.8) is 0 Å². The number of likely N-dealkylation sites (N-methyl/N-ethyl adjacent to an activating group) is 1. The first kappa shape index (κ1) is 14.6. The molecule has 6 heteroatoms. The Labute approximate surface area is 128 Å². The number of fused-ring (bicyclic) bond motifs is 1. The number of hydrogen-bond donors (Lipinski definition) is 1. The molecule has 0 bridgehead atoms. The second-order valence-corrected chi connectivity index (χ2v) is 5.76. The number of aryl methyl sites for hydroxylation is 3. The Morgan fingerprint density at radius 3 is 3.00 bits per heavy atom. The lowest BCUT2D eigenvalue weighted by molar-refractivity contribution is 0.0788. The third-order valence-corrected chi connectivity index (χ3v) is 4.27. The Morgan fingerprint density at radius 2 is 2.27 bits per heavy atom. The van der Waals surface area contributed by atoms with Crippen molar-refractivity contribution in [2.75, 3.05) is 13.6 Å². The molecule has 0 aliphatic heterocycles. The summed E-state index contributed by atoms with van der Waals surface area (Å²) in [5.41, 5.74) is 2.04. The minimum absolute atomic E-state index is 0.228. The van der Waals surface area contributed by atoms with Crippen LogP contribution in [0.25, 0.3) is 0 Å². The molecule has 2 aromatic heterocycles. The molecule has 0 atom stereocenters. The summed E-state index contributed by atoms with van der Waals surface area (Å²) in [6.07, 6.45) is 6.50. The molecule has 0 saturated carbocycles. The van der Waals surface area contributed by atoms with Crippen LogP contribution in [0.5, 0.6) is 0 Å². The first-order valence-corrected chi connectivity index (χ1v) is 7.54. The van der Waals surface area contributed by atoms with Crippen molar-refractivity contribution in [1.29, 1.82) is 0 Å². The summed E-state index contributed by atoms with van der Waals surface area (Å²) in [4.78, 5) is 33.2. The van der Waals surface area contributed by atoms with Crippen molar-refractivity contribution in [2.24, 2.45) is 0 Å². The van der Waals surface area contributed by atoms with Gasteiger partial charge in [-0.1, -0.05) is 0 Å². The van der Waals surface area contributed by atoms with E-state index in [1.807, 2.05) is 17.7 Å². The summed E-state index contributed by atoms with van der Waals surface area (Å²) >= 11 is 0. The van der Waals surface area contributed by atoms with Gasteiger partial charge in [-0.3, -0.25) is 9.59 Å². The number of aromatic amines is 1. The van der Waals surface area contributed by atoms with Crippen LogP contribution in [0.3, 0.4) is 0 Å². The third kappa shape index (κ3) is 2.68. The van der Waals surface area contributed by atoms with Crippen LogP contribution in [0.1, 0.15) is 33.9 Å². The number of nitrogens with one attached hydrogen (secondary N) is 1. The van der Waals surface area contributed by atoms with Gasteiger partial charge < -0.3 is 14.5 Å². The van der Waals surface area contributed by atoms with Crippen LogP contribution in [0.15, 0.2) is 23.3 Å². The molecule has 6 nitrogen and oxygen atoms in total. The molecule has 2 aromatic rings. The minimum atomic E-state index is -0.281. The van der Waals surface area contributed by atoms with E-state index >= 15 is 0 Å². The molecule has 1 amide bonds. The number of hydrogen-bond acceptors (Lipinski definition) is 3. The molecule has 0 radical (unpaired) electrons. The molecule has 0 fully saturated rings. The van der Waals surface area contributed by atoms with Crippen LogP contribution in [-0.4, -0.2) is 38.9 Å². The molecule has 0 spiro atoms. The molecule has 0 saturated heterocycles. The molecule has 22 heavy (non-hydrogen) atoms. The lowest BCUT2D eigenvalue weighted by Gasteiger charge is -2.18. The van der Waals surface area contributed by atoms with Gasteiger partial charge in [0.05, 0.1) is 0 Å². The Hall–Kier alpha value is -2.37. The number of pyridine rings is 1. The average molecular weight is 300 g/mol. The number of imidazole rings is 1. The molecular weight excluding hydrogens is 280 g/mol. The van der Waals surface area contributed by atoms with E-state index < -0.39 is 0 Å². The van der Waals surface area contributed by atoms with Crippen LogP contribution in [-0.2, 0) is 19.4 Å². The van der Waals surface area contributed by atoms with Gasteiger partial charge >= 0.3 is 0 Å². The van der Waals surface area contributed by atoms with Crippen LogP contribution in [0.4, 0.5) is 0 Å². The summed E-state index contributed by atoms with van der Waals surface area (Å²) in [6.45, 7) is 3.12. The monoisotopic (exact) mass is 300 g/mol. The predicted molar refractivity (Wildman–Crippen MR) is 83.0 cm³/mol. The quantitative estimate of drug-likeness (QED) is 0.920. The number of aromatic nitrogens is 3. The third-order valence-electron chi connectivity index (χ3n) is 4.27. The number of amides is 1. The van der Waals surface area contributed by atoms with Crippen molar-refractivity contribution in [2.45, 2.75) is 32.7 Å². The second kappa shape index (κ2) is 5.79. The van der Waals surface area contributed by atoms with Gasteiger partial charge in [0.15, 0.2) is 0 Å². The zero-order chi connectivity index (χ0) is 15.7. The first-order valence-electron chi connectivity index (χ1n) is 7.54. The molecule has 116 valence electrons. The van der Waals surface area contributed by atoms with Crippen molar-refractivity contribution in [3.8, 4) is 0 Å². The van der Waals surface area contributed by atoms with Crippen LogP contribution >= 0.6 is 0 Å². The van der Waals surface area contributed by atoms with Crippen molar-refractivity contribution in [1.82, 2.24) is 19.4 Å². The summed E-state index contributed by atoms with van der Waals surface area (Å²) in [5.74, 6) is 0.685. The van der Waals surface area contributed by atoms with E-state index in [1.54, 1.807) is 24.2 Å². The smallest absolute Gasteiger partial charge is 0.261 e. The maximum atomic E-state index is 12.5. The fourth-order valence-electron chi connectivity index (χ4n) is 2.88. The van der Waals surface area contributed by atoms with E-state index in [1.165, 1.54) is 0 Å². The number of carbonyl (C=O) groups excluding carboxylic acids is 1. The Morgan fingerprint density at radius 1 is 1.45 bits per heavy atom. The Bertz CT molecular complexity index is 760. The summed E-state index contributed by atoms with van der Waals surface area (Å²) in [5, 5.41) is 0. The predicted octanol–water partition coefficient (Wildman–Crippen LogP) is 1.14. The Balaban J connectivity index is 1.73. The summed E-state index contributed by atoms with van der Waals surface area (Å²) in [7, 11) is 1.72. The second-order valence-electron chi connectivity index (χ2n) is 5.76. The van der Waals surface area contributed by atoms with Crippen molar-refractivity contribution >= 4 is 5.91 Å². The maximum Gasteiger partial charge on any atom is 0.261 e. The van der Waals surface area contributed by atoms with Gasteiger partial charge in [-0.25, -0.2) is 4.98 Å². The van der Waals surface area contributed by atoms with E-state index in [-0.39, 0.29) is 17.0 Å². The van der Waals surface area contributed by atoms with E-state index in [0.29, 0.717) is 13.1 Å². The molecule has 1 N–H and O–H groups in total. The van der Waals surface area contributed by atoms with E-state index in [9.17, 15) is 9.59 Å². The van der Waals surface area contributed by atoms with E-state index in [4.69, 9.17) is 0 Å². The SMILES string of the molecule is Cc1nccn1CCN(C)C(=O)c1cc2c([nH]c1=O)CCC2. The Kier molecular flexibility index (Phi) is 3.83. The number of H-pyrrole nitrogens is 1. The van der Waals surface area contributed by atoms with Gasteiger partial charge in [0.1, 0.15) is 11.4 Å². The number of carbonyl (C=O) groups is 1. The molecular formula is C16H20N4O2. The van der Waals surface area contributed by atoms with Crippen molar-refractivity contribution in [3.05, 3.63) is 51.5 Å². The van der Waals surface area contributed by atoms with Gasteiger partial charge in [0.2, 0.25) is 0 Å². The summed E-state index contributed by atoms with van der Waals surface area (Å²) < 4.78 is 1.98. The van der Waals surface area contributed by atoms with E-state index in [2.05, 4.69) is 9.97 Å². The van der Waals surface area contributed by atoms with Gasteiger partial charge in [-0.05, 0) is 37.8 Å². The highest BCUT2D eigenvalue weighted by Gasteiger charge is 2.20.